The zero-order valence-electron chi connectivity index (χ0n) is 11.1. The topological polar surface area (TPSA) is 67.4 Å². The monoisotopic (exact) mass is 268 g/mol. The first kappa shape index (κ1) is 15.1. The second-order valence-electron chi connectivity index (χ2n) is 4.93. The van der Waals surface area contributed by atoms with Crippen molar-refractivity contribution in [1.82, 2.24) is 10.8 Å². The molecule has 0 unspecified atom stereocenters. The Bertz CT molecular complexity index is 469. The fraction of sp³-hybridized carbons (Fsp3) is 0.385. The van der Waals surface area contributed by atoms with Crippen molar-refractivity contribution in [2.75, 3.05) is 6.54 Å². The number of benzene rings is 1. The number of rotatable bonds is 4. The third kappa shape index (κ3) is 5.96. The highest BCUT2D eigenvalue weighted by molar-refractivity contribution is 5.96. The van der Waals surface area contributed by atoms with Gasteiger partial charge in [-0.05, 0) is 39.0 Å². The van der Waals surface area contributed by atoms with Crippen molar-refractivity contribution in [2.45, 2.75) is 26.4 Å². The predicted octanol–water partition coefficient (Wildman–Crippen LogP) is 1.40. The van der Waals surface area contributed by atoms with Crippen molar-refractivity contribution in [3.63, 3.8) is 0 Å². The summed E-state index contributed by atoms with van der Waals surface area (Å²) in [6, 6.07) is 5.22. The van der Waals surface area contributed by atoms with Crippen LogP contribution in [0, 0.1) is 5.82 Å². The van der Waals surface area contributed by atoms with Crippen molar-refractivity contribution < 1.29 is 18.8 Å². The minimum atomic E-state index is -0.523. The molecule has 1 aromatic rings. The first-order valence-corrected chi connectivity index (χ1v) is 5.78. The van der Waals surface area contributed by atoms with Gasteiger partial charge in [0.15, 0.2) is 0 Å². The summed E-state index contributed by atoms with van der Waals surface area (Å²) in [5.41, 5.74) is 1.86. The number of hydroxylamine groups is 1. The minimum absolute atomic E-state index is 0.157. The van der Waals surface area contributed by atoms with Gasteiger partial charge in [0.25, 0.3) is 11.8 Å². The number of carbonyl (C=O) groups excluding carboxylic acids is 2. The number of nitrogens with one attached hydrogen (secondary N) is 2. The molecule has 5 nitrogen and oxygen atoms in total. The largest absolute Gasteiger partial charge is 0.343 e. The maximum atomic E-state index is 12.9. The van der Waals surface area contributed by atoms with Gasteiger partial charge >= 0.3 is 0 Å². The molecule has 0 fully saturated rings. The third-order valence-corrected chi connectivity index (χ3v) is 1.97. The summed E-state index contributed by atoms with van der Waals surface area (Å²) in [5.74, 6) is -1.52. The Morgan fingerprint density at radius 1 is 1.32 bits per heavy atom. The minimum Gasteiger partial charge on any atom is -0.343 e. The molecule has 0 aliphatic carbocycles. The van der Waals surface area contributed by atoms with Gasteiger partial charge in [-0.15, -0.1) is 0 Å². The van der Waals surface area contributed by atoms with Crippen LogP contribution in [-0.4, -0.2) is 24.0 Å². The molecule has 6 heteroatoms. The van der Waals surface area contributed by atoms with E-state index in [1.165, 1.54) is 18.2 Å². The van der Waals surface area contributed by atoms with Gasteiger partial charge in [-0.3, -0.25) is 14.4 Å². The third-order valence-electron chi connectivity index (χ3n) is 1.97. The molecule has 0 bridgehead atoms. The Kier molecular flexibility index (Phi) is 5.00. The smallest absolute Gasteiger partial charge is 0.262 e. The van der Waals surface area contributed by atoms with Gasteiger partial charge in [0.2, 0.25) is 0 Å². The second kappa shape index (κ2) is 6.29. The summed E-state index contributed by atoms with van der Waals surface area (Å²) in [6.45, 7) is 5.08. The molecule has 0 aliphatic rings. The molecule has 0 saturated carbocycles. The van der Waals surface area contributed by atoms with E-state index in [0.717, 1.165) is 6.07 Å². The van der Waals surface area contributed by atoms with E-state index in [-0.39, 0.29) is 12.1 Å². The fourth-order valence-electron chi connectivity index (χ4n) is 1.14. The van der Waals surface area contributed by atoms with Crippen molar-refractivity contribution in [3.8, 4) is 0 Å². The number of hydrogen-bond donors (Lipinski definition) is 2. The summed E-state index contributed by atoms with van der Waals surface area (Å²) in [4.78, 5) is 28.0. The lowest BCUT2D eigenvalue weighted by Crippen LogP contribution is -2.40. The first-order valence-electron chi connectivity index (χ1n) is 5.78. The molecule has 0 radical (unpaired) electrons. The number of halogens is 1. The van der Waals surface area contributed by atoms with Gasteiger partial charge in [0, 0.05) is 5.56 Å². The Morgan fingerprint density at radius 2 is 2.00 bits per heavy atom. The molecule has 1 aromatic carbocycles. The van der Waals surface area contributed by atoms with E-state index in [1.54, 1.807) is 20.8 Å². The molecule has 0 aromatic heterocycles. The lowest BCUT2D eigenvalue weighted by molar-refractivity contribution is -0.144. The van der Waals surface area contributed by atoms with E-state index in [2.05, 4.69) is 10.8 Å². The van der Waals surface area contributed by atoms with E-state index in [9.17, 15) is 14.0 Å². The highest BCUT2D eigenvalue weighted by Crippen LogP contribution is 2.04. The molecule has 2 N–H and O–H groups in total. The Labute approximate surface area is 111 Å². The van der Waals surface area contributed by atoms with E-state index >= 15 is 0 Å². The van der Waals surface area contributed by atoms with E-state index in [0.29, 0.717) is 0 Å². The number of carbonyl (C=O) groups is 2. The number of hydrogen-bond acceptors (Lipinski definition) is 3. The average Bonchev–Trinajstić information content (AvgIpc) is 2.32. The summed E-state index contributed by atoms with van der Waals surface area (Å²) in [6.07, 6.45) is 0. The highest BCUT2D eigenvalue weighted by atomic mass is 19.1. The quantitative estimate of drug-likeness (QED) is 0.811. The summed E-state index contributed by atoms with van der Waals surface area (Å²) in [5, 5.41) is 2.36. The SMILES string of the molecule is CC(C)(C)ONC(=O)CNC(=O)c1cccc(F)c1. The van der Waals surface area contributed by atoms with Crippen LogP contribution in [0.1, 0.15) is 31.1 Å². The first-order chi connectivity index (χ1) is 8.78. The molecule has 0 heterocycles. The molecule has 0 aliphatic heterocycles. The molecule has 1 rings (SSSR count). The van der Waals surface area contributed by atoms with Crippen LogP contribution in [-0.2, 0) is 9.63 Å². The zero-order chi connectivity index (χ0) is 14.5. The molecule has 104 valence electrons. The lowest BCUT2D eigenvalue weighted by atomic mass is 10.2. The van der Waals surface area contributed by atoms with E-state index < -0.39 is 23.2 Å². The van der Waals surface area contributed by atoms with Crippen LogP contribution in [0.2, 0.25) is 0 Å². The van der Waals surface area contributed by atoms with Gasteiger partial charge in [-0.2, -0.15) is 0 Å². The van der Waals surface area contributed by atoms with Gasteiger partial charge < -0.3 is 5.32 Å². The zero-order valence-corrected chi connectivity index (χ0v) is 11.1. The van der Waals surface area contributed by atoms with Crippen LogP contribution < -0.4 is 10.8 Å². The number of amides is 2. The van der Waals surface area contributed by atoms with Crippen molar-refractivity contribution in [3.05, 3.63) is 35.6 Å². The standard InChI is InChI=1S/C13H17FN2O3/c1-13(2,3)19-16-11(17)8-15-12(18)9-5-4-6-10(14)7-9/h4-7H,8H2,1-3H3,(H,15,18)(H,16,17). The Hall–Kier alpha value is -1.95. The van der Waals surface area contributed by atoms with Crippen LogP contribution in [0.15, 0.2) is 24.3 Å². The normalized spacial score (nSPS) is 10.9. The summed E-state index contributed by atoms with van der Waals surface area (Å²) < 4.78 is 12.9. The van der Waals surface area contributed by atoms with Gasteiger partial charge in [-0.1, -0.05) is 6.07 Å². The average molecular weight is 268 g/mol. The predicted molar refractivity (Wildman–Crippen MR) is 67.7 cm³/mol. The molecule has 0 saturated heterocycles. The maximum Gasteiger partial charge on any atom is 0.262 e. The van der Waals surface area contributed by atoms with Crippen molar-refractivity contribution in [2.24, 2.45) is 0 Å². The van der Waals surface area contributed by atoms with Gasteiger partial charge in [-0.25, -0.2) is 9.87 Å². The van der Waals surface area contributed by atoms with Crippen LogP contribution in [0.3, 0.4) is 0 Å². The van der Waals surface area contributed by atoms with Crippen LogP contribution >= 0.6 is 0 Å². The summed E-state index contributed by atoms with van der Waals surface area (Å²) in [7, 11) is 0. The molecular weight excluding hydrogens is 251 g/mol. The van der Waals surface area contributed by atoms with E-state index in [4.69, 9.17) is 4.84 Å². The van der Waals surface area contributed by atoms with Crippen molar-refractivity contribution >= 4 is 11.8 Å². The van der Waals surface area contributed by atoms with Crippen molar-refractivity contribution in [1.29, 1.82) is 0 Å². The van der Waals surface area contributed by atoms with Crippen LogP contribution in [0.5, 0.6) is 0 Å². The highest BCUT2D eigenvalue weighted by Gasteiger charge is 2.13. The Balaban J connectivity index is 2.40. The fourth-order valence-corrected chi connectivity index (χ4v) is 1.14. The lowest BCUT2D eigenvalue weighted by Gasteiger charge is -2.18. The molecule has 2 amide bonds. The molecule has 0 atom stereocenters. The van der Waals surface area contributed by atoms with Gasteiger partial charge in [0.1, 0.15) is 5.82 Å². The van der Waals surface area contributed by atoms with Crippen LogP contribution in [0.4, 0.5) is 4.39 Å². The maximum absolute atomic E-state index is 12.9. The molecule has 0 spiro atoms. The second-order valence-corrected chi connectivity index (χ2v) is 4.93. The molecule has 19 heavy (non-hydrogen) atoms. The van der Waals surface area contributed by atoms with Crippen LogP contribution in [0.25, 0.3) is 0 Å². The molecular formula is C13H17FN2O3. The Morgan fingerprint density at radius 3 is 2.58 bits per heavy atom. The summed E-state index contributed by atoms with van der Waals surface area (Å²) >= 11 is 0. The van der Waals surface area contributed by atoms with Gasteiger partial charge in [0.05, 0.1) is 12.1 Å². The van der Waals surface area contributed by atoms with E-state index in [1.807, 2.05) is 0 Å².